The average Bonchev–Trinajstić information content (AvgIpc) is 2.58. The maximum absolute atomic E-state index is 10.6. The van der Waals surface area contributed by atoms with E-state index in [0.717, 1.165) is 14.3 Å². The van der Waals surface area contributed by atoms with Crippen molar-refractivity contribution in [2.75, 3.05) is 0 Å². The molecule has 0 aliphatic rings. The molecule has 0 bridgehead atoms. The molecule has 0 aliphatic carbocycles. The van der Waals surface area contributed by atoms with Crippen molar-refractivity contribution in [3.63, 3.8) is 0 Å². The minimum absolute atomic E-state index is 0.393. The average molecular weight is 213 g/mol. The summed E-state index contributed by atoms with van der Waals surface area (Å²) in [5.41, 5.74) is 5.47. The molecule has 0 saturated heterocycles. The number of nitrogens with two attached hydrogens (primary N) is 1. The van der Waals surface area contributed by atoms with Gasteiger partial charge >= 0.3 is 5.97 Å². The van der Waals surface area contributed by atoms with Gasteiger partial charge in [-0.15, -0.1) is 22.7 Å². The number of fused-ring (bicyclic) bond motifs is 1. The van der Waals surface area contributed by atoms with Gasteiger partial charge in [0.2, 0.25) is 0 Å². The zero-order chi connectivity index (χ0) is 9.42. The Labute approximate surface area is 82.4 Å². The lowest BCUT2D eigenvalue weighted by Gasteiger charge is -1.84. The van der Waals surface area contributed by atoms with Gasteiger partial charge in [0.25, 0.3) is 0 Å². The molecule has 0 aromatic carbocycles. The molecule has 0 fully saturated rings. The van der Waals surface area contributed by atoms with E-state index in [4.69, 9.17) is 10.8 Å². The van der Waals surface area contributed by atoms with E-state index < -0.39 is 5.97 Å². The molecule has 3 N–H and O–H groups in total. The first kappa shape index (κ1) is 8.68. The van der Waals surface area contributed by atoms with Gasteiger partial charge in [-0.05, 0) is 12.1 Å². The van der Waals surface area contributed by atoms with Gasteiger partial charge in [0.15, 0.2) is 0 Å². The van der Waals surface area contributed by atoms with E-state index in [1.807, 2.05) is 6.07 Å². The highest BCUT2D eigenvalue weighted by atomic mass is 32.1. The van der Waals surface area contributed by atoms with Crippen molar-refractivity contribution in [1.29, 1.82) is 0 Å². The van der Waals surface area contributed by atoms with E-state index in [1.54, 1.807) is 17.4 Å². The van der Waals surface area contributed by atoms with Gasteiger partial charge in [-0.2, -0.15) is 0 Å². The van der Waals surface area contributed by atoms with Crippen LogP contribution in [-0.2, 0) is 6.54 Å². The first-order valence-electron chi connectivity index (χ1n) is 3.66. The zero-order valence-corrected chi connectivity index (χ0v) is 8.24. The van der Waals surface area contributed by atoms with Gasteiger partial charge in [-0.1, -0.05) is 0 Å². The monoisotopic (exact) mass is 213 g/mol. The second-order valence-electron chi connectivity index (χ2n) is 2.56. The molecule has 2 aromatic heterocycles. The Morgan fingerprint density at radius 1 is 1.38 bits per heavy atom. The van der Waals surface area contributed by atoms with Crippen molar-refractivity contribution in [2.45, 2.75) is 6.54 Å². The molecule has 13 heavy (non-hydrogen) atoms. The third kappa shape index (κ3) is 1.46. The van der Waals surface area contributed by atoms with Crippen LogP contribution in [0.1, 0.15) is 14.5 Å². The van der Waals surface area contributed by atoms with E-state index in [0.29, 0.717) is 11.4 Å². The van der Waals surface area contributed by atoms with E-state index in [1.165, 1.54) is 11.3 Å². The Morgan fingerprint density at radius 3 is 2.62 bits per heavy atom. The van der Waals surface area contributed by atoms with Crippen LogP contribution in [0, 0.1) is 0 Å². The molecular formula is C8H7NO2S2. The first-order valence-corrected chi connectivity index (χ1v) is 5.29. The molecule has 0 saturated carbocycles. The number of hydrogen-bond acceptors (Lipinski definition) is 4. The van der Waals surface area contributed by atoms with Crippen molar-refractivity contribution < 1.29 is 9.90 Å². The fourth-order valence-corrected chi connectivity index (χ4v) is 3.23. The van der Waals surface area contributed by atoms with Crippen molar-refractivity contribution >= 4 is 38.0 Å². The number of rotatable bonds is 2. The van der Waals surface area contributed by atoms with Gasteiger partial charge in [0.05, 0.1) is 0 Å². The molecule has 2 heterocycles. The second kappa shape index (κ2) is 3.10. The molecule has 3 nitrogen and oxygen atoms in total. The van der Waals surface area contributed by atoms with Crippen LogP contribution < -0.4 is 5.73 Å². The summed E-state index contributed by atoms with van der Waals surface area (Å²) in [6.45, 7) is 0.522. The molecule has 68 valence electrons. The summed E-state index contributed by atoms with van der Waals surface area (Å²) in [4.78, 5) is 12.1. The Hall–Kier alpha value is -0.910. The number of carboxylic acids is 1. The minimum Gasteiger partial charge on any atom is -0.477 e. The highest BCUT2D eigenvalue weighted by Crippen LogP contribution is 2.32. The summed E-state index contributed by atoms with van der Waals surface area (Å²) in [6.07, 6.45) is 0. The number of carbonyl (C=O) groups is 1. The fourth-order valence-electron chi connectivity index (χ4n) is 1.09. The molecule has 2 rings (SSSR count). The second-order valence-corrected chi connectivity index (χ2v) is 4.81. The molecule has 0 unspecified atom stereocenters. The normalized spacial score (nSPS) is 10.8. The number of thiophene rings is 2. The Kier molecular flexibility index (Phi) is 2.07. The van der Waals surface area contributed by atoms with Crippen LogP contribution in [0.4, 0.5) is 0 Å². The number of carboxylic acid groups (broad SMARTS) is 1. The van der Waals surface area contributed by atoms with Crippen LogP contribution >= 0.6 is 22.7 Å². The largest absolute Gasteiger partial charge is 0.477 e. The van der Waals surface area contributed by atoms with Crippen molar-refractivity contribution in [2.24, 2.45) is 5.73 Å². The maximum atomic E-state index is 10.6. The third-order valence-electron chi connectivity index (χ3n) is 1.67. The van der Waals surface area contributed by atoms with Gasteiger partial charge < -0.3 is 10.8 Å². The van der Waals surface area contributed by atoms with Crippen LogP contribution in [0.15, 0.2) is 12.1 Å². The Bertz CT molecular complexity index is 426. The van der Waals surface area contributed by atoms with Crippen molar-refractivity contribution in [3.8, 4) is 0 Å². The van der Waals surface area contributed by atoms with Gasteiger partial charge in [0, 0.05) is 20.8 Å². The maximum Gasteiger partial charge on any atom is 0.345 e. The topological polar surface area (TPSA) is 63.3 Å². The predicted molar refractivity (Wildman–Crippen MR) is 54.6 cm³/mol. The van der Waals surface area contributed by atoms with Gasteiger partial charge in [-0.3, -0.25) is 0 Å². The molecule has 5 heteroatoms. The Balaban J connectivity index is 2.54. The van der Waals surface area contributed by atoms with Crippen LogP contribution in [0.2, 0.25) is 0 Å². The van der Waals surface area contributed by atoms with Crippen LogP contribution in [0.5, 0.6) is 0 Å². The summed E-state index contributed by atoms with van der Waals surface area (Å²) >= 11 is 2.85. The van der Waals surface area contributed by atoms with Crippen LogP contribution in [0.3, 0.4) is 0 Å². The van der Waals surface area contributed by atoms with Crippen LogP contribution in [-0.4, -0.2) is 11.1 Å². The quantitative estimate of drug-likeness (QED) is 0.803. The summed E-state index contributed by atoms with van der Waals surface area (Å²) < 4.78 is 2.03. The fraction of sp³-hybridized carbons (Fsp3) is 0.125. The Morgan fingerprint density at radius 2 is 2.08 bits per heavy atom. The lowest BCUT2D eigenvalue weighted by Crippen LogP contribution is -1.91. The predicted octanol–water partition coefficient (Wildman–Crippen LogP) is 2.12. The molecule has 0 aliphatic heterocycles. The minimum atomic E-state index is -0.859. The third-order valence-corrected chi connectivity index (χ3v) is 3.97. The highest BCUT2D eigenvalue weighted by molar-refractivity contribution is 7.28. The molecule has 0 radical (unpaired) electrons. The summed E-state index contributed by atoms with van der Waals surface area (Å²) in [5, 5.41) is 8.72. The van der Waals surface area contributed by atoms with Crippen LogP contribution in [0.25, 0.3) is 9.40 Å². The number of aromatic carboxylic acids is 1. The summed E-state index contributed by atoms with van der Waals surface area (Å²) in [5.74, 6) is -0.859. The molecular weight excluding hydrogens is 206 g/mol. The van der Waals surface area contributed by atoms with E-state index in [9.17, 15) is 4.79 Å². The van der Waals surface area contributed by atoms with Crippen molar-refractivity contribution in [3.05, 3.63) is 21.9 Å². The van der Waals surface area contributed by atoms with Gasteiger partial charge in [0.1, 0.15) is 4.88 Å². The van der Waals surface area contributed by atoms with Crippen molar-refractivity contribution in [1.82, 2.24) is 0 Å². The SMILES string of the molecule is NCc1cc2sc(C(=O)O)cc2s1. The smallest absolute Gasteiger partial charge is 0.345 e. The summed E-state index contributed by atoms with van der Waals surface area (Å²) in [6, 6.07) is 3.66. The summed E-state index contributed by atoms with van der Waals surface area (Å²) in [7, 11) is 0. The molecule has 0 amide bonds. The van der Waals surface area contributed by atoms with Gasteiger partial charge in [-0.25, -0.2) is 4.79 Å². The first-order chi connectivity index (χ1) is 6.20. The lowest BCUT2D eigenvalue weighted by molar-refractivity contribution is 0.0702. The van der Waals surface area contributed by atoms with E-state index in [2.05, 4.69) is 0 Å². The molecule has 0 spiro atoms. The molecule has 2 aromatic rings. The highest BCUT2D eigenvalue weighted by Gasteiger charge is 2.10. The van der Waals surface area contributed by atoms with E-state index >= 15 is 0 Å². The lowest BCUT2D eigenvalue weighted by atomic mass is 10.4. The molecule has 0 atom stereocenters. The standard InChI is InChI=1S/C8H7NO2S2/c9-3-4-1-5-6(12-4)2-7(13-5)8(10)11/h1-2H,3,9H2,(H,10,11). The van der Waals surface area contributed by atoms with E-state index in [-0.39, 0.29) is 0 Å². The zero-order valence-electron chi connectivity index (χ0n) is 6.61. The number of hydrogen-bond donors (Lipinski definition) is 2.